The van der Waals surface area contributed by atoms with Crippen molar-refractivity contribution in [3.8, 4) is 11.1 Å². The SMILES string of the molecule is COC(=O)c1ccc(C(OCCOCCN2C(=O)c3ccccc3C(F)C2=O)C(=O)Nc2ccc([N+](=O)[O-])c3nonc23)c(-c2ccc(C(F)(F)F)cc2)c1. The number of hydrogen-bond acceptors (Lipinski definition) is 12. The minimum Gasteiger partial charge on any atom is -0.465 e. The summed E-state index contributed by atoms with van der Waals surface area (Å²) in [6.07, 6.45) is -8.28. The zero-order chi connectivity index (χ0) is 39.4. The molecule has 0 saturated carbocycles. The molecule has 0 spiro atoms. The van der Waals surface area contributed by atoms with E-state index >= 15 is 0 Å². The molecule has 15 nitrogen and oxygen atoms in total. The number of nitro groups is 1. The molecular formula is C36H27F4N5O10. The molecule has 1 aliphatic rings. The first-order valence-corrected chi connectivity index (χ1v) is 16.2. The molecule has 2 atom stereocenters. The molecule has 6 rings (SSSR count). The zero-order valence-corrected chi connectivity index (χ0v) is 28.4. The monoisotopic (exact) mass is 765 g/mol. The molecule has 5 aromatic rings. The van der Waals surface area contributed by atoms with Crippen molar-refractivity contribution in [1.29, 1.82) is 0 Å². The van der Waals surface area contributed by atoms with E-state index in [1.807, 2.05) is 0 Å². The molecule has 0 saturated heterocycles. The van der Waals surface area contributed by atoms with E-state index in [9.17, 15) is 46.9 Å². The van der Waals surface area contributed by atoms with Gasteiger partial charge in [0.15, 0.2) is 11.6 Å². The Bertz CT molecular complexity index is 2300. The summed E-state index contributed by atoms with van der Waals surface area (Å²) in [4.78, 5) is 63.4. The highest BCUT2D eigenvalue weighted by molar-refractivity contribution is 6.11. The molecule has 1 aliphatic heterocycles. The molecule has 284 valence electrons. The Kier molecular flexibility index (Phi) is 10.9. The van der Waals surface area contributed by atoms with E-state index in [-0.39, 0.29) is 76.5 Å². The molecule has 0 radical (unpaired) electrons. The lowest BCUT2D eigenvalue weighted by molar-refractivity contribution is -0.383. The van der Waals surface area contributed by atoms with Crippen LogP contribution in [0.3, 0.4) is 0 Å². The van der Waals surface area contributed by atoms with Gasteiger partial charge in [0.25, 0.3) is 17.7 Å². The predicted molar refractivity (Wildman–Crippen MR) is 181 cm³/mol. The van der Waals surface area contributed by atoms with Crippen LogP contribution in [0.2, 0.25) is 0 Å². The van der Waals surface area contributed by atoms with Crippen LogP contribution in [0.5, 0.6) is 0 Å². The van der Waals surface area contributed by atoms with Crippen LogP contribution in [-0.2, 0) is 30.0 Å². The Morgan fingerprint density at radius 1 is 0.964 bits per heavy atom. The van der Waals surface area contributed by atoms with Gasteiger partial charge in [-0.25, -0.2) is 13.8 Å². The van der Waals surface area contributed by atoms with Crippen LogP contribution >= 0.6 is 0 Å². The number of fused-ring (bicyclic) bond motifs is 2. The smallest absolute Gasteiger partial charge is 0.416 e. The molecule has 0 fully saturated rings. The van der Waals surface area contributed by atoms with E-state index in [1.165, 1.54) is 48.5 Å². The normalized spacial score (nSPS) is 14.8. The van der Waals surface area contributed by atoms with Crippen LogP contribution in [0.1, 0.15) is 49.7 Å². The lowest BCUT2D eigenvalue weighted by Gasteiger charge is -2.28. The molecule has 19 heteroatoms. The van der Waals surface area contributed by atoms with Gasteiger partial charge in [-0.15, -0.1) is 0 Å². The fraction of sp³-hybridized carbons (Fsp3) is 0.222. The minimum absolute atomic E-state index is 0.00524. The number of amides is 3. The highest BCUT2D eigenvalue weighted by Gasteiger charge is 2.38. The lowest BCUT2D eigenvalue weighted by Crippen LogP contribution is -2.45. The van der Waals surface area contributed by atoms with Crippen LogP contribution in [-0.4, -0.2) is 77.3 Å². The molecule has 0 bridgehead atoms. The summed E-state index contributed by atoms with van der Waals surface area (Å²) in [7, 11) is 1.13. The van der Waals surface area contributed by atoms with Crippen LogP contribution in [0.4, 0.5) is 28.9 Å². The highest BCUT2D eigenvalue weighted by Crippen LogP contribution is 2.37. The second-order valence-electron chi connectivity index (χ2n) is 11.8. The Morgan fingerprint density at radius 3 is 2.40 bits per heavy atom. The Labute approximate surface area is 306 Å². The van der Waals surface area contributed by atoms with Crippen molar-refractivity contribution in [3.05, 3.63) is 117 Å². The Balaban J connectivity index is 1.26. The van der Waals surface area contributed by atoms with Gasteiger partial charge in [-0.3, -0.25) is 29.4 Å². The summed E-state index contributed by atoms with van der Waals surface area (Å²) < 4.78 is 76.0. The fourth-order valence-electron chi connectivity index (χ4n) is 5.85. The third kappa shape index (κ3) is 7.87. The maximum absolute atomic E-state index is 14.8. The van der Waals surface area contributed by atoms with Gasteiger partial charge in [-0.2, -0.15) is 13.2 Å². The number of nitrogens with one attached hydrogen (secondary N) is 1. The van der Waals surface area contributed by atoms with Crippen LogP contribution in [0.15, 0.2) is 83.5 Å². The van der Waals surface area contributed by atoms with Crippen LogP contribution < -0.4 is 5.32 Å². The number of alkyl halides is 4. The van der Waals surface area contributed by atoms with Gasteiger partial charge in [0, 0.05) is 17.2 Å². The topological polar surface area (TPSA) is 193 Å². The summed E-state index contributed by atoms with van der Waals surface area (Å²) in [6.45, 7) is -1.11. The quantitative estimate of drug-likeness (QED) is 0.0367. The minimum atomic E-state index is -4.65. The van der Waals surface area contributed by atoms with E-state index in [1.54, 1.807) is 0 Å². The Morgan fingerprint density at radius 2 is 1.69 bits per heavy atom. The van der Waals surface area contributed by atoms with E-state index in [0.717, 1.165) is 42.3 Å². The number of aromatic nitrogens is 2. The summed E-state index contributed by atoms with van der Waals surface area (Å²) in [5, 5.41) is 21.3. The third-order valence-electron chi connectivity index (χ3n) is 8.53. The molecule has 1 N–H and O–H groups in total. The molecule has 3 amide bonds. The number of hydrogen-bond donors (Lipinski definition) is 1. The second-order valence-corrected chi connectivity index (χ2v) is 11.8. The number of esters is 1. The van der Waals surface area contributed by atoms with Crippen LogP contribution in [0, 0.1) is 10.1 Å². The van der Waals surface area contributed by atoms with Crippen molar-refractivity contribution in [2.24, 2.45) is 0 Å². The average molecular weight is 766 g/mol. The maximum Gasteiger partial charge on any atom is 0.416 e. The molecule has 4 aromatic carbocycles. The van der Waals surface area contributed by atoms with Gasteiger partial charge in [-0.05, 0) is 63.4 Å². The van der Waals surface area contributed by atoms with Gasteiger partial charge in [0.05, 0.1) is 55.2 Å². The lowest BCUT2D eigenvalue weighted by atomic mass is 9.93. The van der Waals surface area contributed by atoms with Crippen LogP contribution in [0.25, 0.3) is 22.2 Å². The van der Waals surface area contributed by atoms with Crippen molar-refractivity contribution < 1.29 is 60.5 Å². The number of anilines is 1. The number of non-ortho nitro benzene ring substituents is 1. The molecule has 55 heavy (non-hydrogen) atoms. The number of nitro benzene ring substituents is 1. The number of ether oxygens (including phenoxy) is 3. The second kappa shape index (κ2) is 15.8. The maximum atomic E-state index is 14.8. The third-order valence-corrected chi connectivity index (χ3v) is 8.53. The largest absolute Gasteiger partial charge is 0.465 e. The number of carbonyl (C=O) groups excluding carboxylic acids is 4. The fourth-order valence-corrected chi connectivity index (χ4v) is 5.85. The molecular weight excluding hydrogens is 738 g/mol. The summed E-state index contributed by atoms with van der Waals surface area (Å²) in [5.41, 5.74) is -1.57. The van der Waals surface area contributed by atoms with Crippen molar-refractivity contribution in [2.75, 3.05) is 38.8 Å². The standard InChI is InChI=1S/C36H27F4N5O10/c1-52-35(49)20-8-11-23(25(18-20)19-6-9-21(10-7-19)36(38,39)40)31(32(46)41-26-12-13-27(45(50)51)30-29(26)42-55-43-30)54-17-16-53-15-14-44-33(47)24-5-3-2-4-22(24)28(37)34(44)48/h2-13,18,28,31H,14-17H2,1H3,(H,41,46). The van der Waals surface area contributed by atoms with E-state index < -0.39 is 58.3 Å². The molecule has 1 aromatic heterocycles. The van der Waals surface area contributed by atoms with Crippen molar-refractivity contribution in [2.45, 2.75) is 18.5 Å². The first-order valence-electron chi connectivity index (χ1n) is 16.2. The average Bonchev–Trinajstić information content (AvgIpc) is 3.68. The summed E-state index contributed by atoms with van der Waals surface area (Å²) >= 11 is 0. The Hall–Kier alpha value is -6.60. The first-order chi connectivity index (χ1) is 26.3. The van der Waals surface area contributed by atoms with Crippen molar-refractivity contribution in [3.63, 3.8) is 0 Å². The van der Waals surface area contributed by atoms with Crippen molar-refractivity contribution >= 4 is 46.1 Å². The molecule has 2 unspecified atom stereocenters. The van der Waals surface area contributed by atoms with Gasteiger partial charge >= 0.3 is 17.8 Å². The number of halogens is 4. The van der Waals surface area contributed by atoms with E-state index in [0.29, 0.717) is 0 Å². The highest BCUT2D eigenvalue weighted by atomic mass is 19.4. The molecule has 0 aliphatic carbocycles. The number of methoxy groups -OCH3 is 1. The predicted octanol–water partition coefficient (Wildman–Crippen LogP) is 6.01. The number of benzene rings is 4. The summed E-state index contributed by atoms with van der Waals surface area (Å²) in [6, 6.07) is 15.9. The van der Waals surface area contributed by atoms with Crippen molar-refractivity contribution in [1.82, 2.24) is 15.2 Å². The van der Waals surface area contributed by atoms with E-state index in [4.69, 9.17) is 14.2 Å². The van der Waals surface area contributed by atoms with Gasteiger partial charge in [0.2, 0.25) is 11.7 Å². The van der Waals surface area contributed by atoms with Gasteiger partial charge in [0.1, 0.15) is 0 Å². The zero-order valence-electron chi connectivity index (χ0n) is 28.4. The summed E-state index contributed by atoms with van der Waals surface area (Å²) in [5.74, 6) is -3.42. The molecule has 2 heterocycles. The first kappa shape index (κ1) is 38.1. The van der Waals surface area contributed by atoms with Gasteiger partial charge in [-0.1, -0.05) is 36.4 Å². The number of imide groups is 1. The number of carbonyl (C=O) groups is 4. The number of nitrogens with zero attached hydrogens (tertiary/aromatic N) is 4. The van der Waals surface area contributed by atoms with E-state index in [2.05, 4.69) is 20.3 Å². The number of rotatable bonds is 13. The van der Waals surface area contributed by atoms with Gasteiger partial charge < -0.3 is 19.5 Å².